The number of hydrogen-bond acceptors (Lipinski definition) is 3. The summed E-state index contributed by atoms with van der Waals surface area (Å²) < 4.78 is 10.7. The molecule has 0 unspecified atom stereocenters. The van der Waals surface area contributed by atoms with Gasteiger partial charge in [-0.1, -0.05) is 24.3 Å². The number of hydrogen-bond donors (Lipinski definition) is 0. The van der Waals surface area contributed by atoms with E-state index in [0.29, 0.717) is 24.6 Å². The Morgan fingerprint density at radius 1 is 0.773 bits per heavy atom. The van der Waals surface area contributed by atoms with Gasteiger partial charge in [0.15, 0.2) is 0 Å². The van der Waals surface area contributed by atoms with Crippen molar-refractivity contribution in [1.29, 1.82) is 0 Å². The molecule has 22 heavy (non-hydrogen) atoms. The average molecular weight is 298 g/mol. The number of para-hydroxylation sites is 4. The van der Waals surface area contributed by atoms with Crippen molar-refractivity contribution in [3.05, 3.63) is 48.5 Å². The number of carbonyl (C=O) groups excluding carboxylic acids is 1. The lowest BCUT2D eigenvalue weighted by molar-refractivity contribution is 0.255. The van der Waals surface area contributed by atoms with Gasteiger partial charge in [0.05, 0.1) is 25.6 Å². The van der Waals surface area contributed by atoms with Gasteiger partial charge in [-0.3, -0.25) is 9.80 Å². The number of ether oxygens (including phenoxy) is 2. The normalized spacial score (nSPS) is 14.4. The summed E-state index contributed by atoms with van der Waals surface area (Å²) in [7, 11) is 3.22. The molecule has 5 nitrogen and oxygen atoms in total. The predicted molar refractivity (Wildman–Crippen MR) is 86.1 cm³/mol. The van der Waals surface area contributed by atoms with Gasteiger partial charge in [0.2, 0.25) is 0 Å². The maximum Gasteiger partial charge on any atom is 0.329 e. The molecule has 0 saturated carbocycles. The van der Waals surface area contributed by atoms with Gasteiger partial charge in [-0.2, -0.15) is 0 Å². The number of methoxy groups -OCH3 is 2. The number of nitrogens with zero attached hydrogens (tertiary/aromatic N) is 2. The highest BCUT2D eigenvalue weighted by atomic mass is 16.5. The SMILES string of the molecule is COc1ccccc1N1CCN(c2ccccc2OC)C1=O. The van der Waals surface area contributed by atoms with Crippen molar-refractivity contribution in [1.82, 2.24) is 0 Å². The first-order valence-corrected chi connectivity index (χ1v) is 7.11. The molecule has 1 aliphatic heterocycles. The fraction of sp³-hybridized carbons (Fsp3) is 0.235. The first kappa shape index (κ1) is 14.3. The van der Waals surface area contributed by atoms with E-state index in [1.165, 1.54) is 0 Å². The summed E-state index contributed by atoms with van der Waals surface area (Å²) in [5, 5.41) is 0. The average Bonchev–Trinajstić information content (AvgIpc) is 2.96. The molecule has 0 atom stereocenters. The summed E-state index contributed by atoms with van der Waals surface area (Å²) in [5.41, 5.74) is 1.57. The Morgan fingerprint density at radius 2 is 1.18 bits per heavy atom. The lowest BCUT2D eigenvalue weighted by Gasteiger charge is -2.21. The van der Waals surface area contributed by atoms with Crippen molar-refractivity contribution in [3.8, 4) is 11.5 Å². The Kier molecular flexibility index (Phi) is 3.87. The Morgan fingerprint density at radius 3 is 1.59 bits per heavy atom. The topological polar surface area (TPSA) is 42.0 Å². The van der Waals surface area contributed by atoms with Crippen LogP contribution in [0.4, 0.5) is 16.2 Å². The summed E-state index contributed by atoms with van der Waals surface area (Å²) in [6.45, 7) is 1.22. The molecular weight excluding hydrogens is 280 g/mol. The van der Waals surface area contributed by atoms with Gasteiger partial charge in [-0.15, -0.1) is 0 Å². The molecule has 114 valence electrons. The Labute approximate surface area is 129 Å². The molecule has 0 aromatic heterocycles. The molecule has 1 fully saturated rings. The molecule has 0 bridgehead atoms. The third kappa shape index (κ3) is 2.35. The Bertz CT molecular complexity index is 630. The molecule has 3 rings (SSSR count). The molecule has 1 heterocycles. The first-order valence-electron chi connectivity index (χ1n) is 7.11. The largest absolute Gasteiger partial charge is 0.495 e. The van der Waals surface area contributed by atoms with E-state index in [2.05, 4.69) is 0 Å². The summed E-state index contributed by atoms with van der Waals surface area (Å²) in [4.78, 5) is 16.2. The van der Waals surface area contributed by atoms with Crippen LogP contribution in [0.3, 0.4) is 0 Å². The number of carbonyl (C=O) groups is 1. The molecule has 2 aromatic carbocycles. The highest BCUT2D eigenvalue weighted by Crippen LogP contribution is 2.35. The molecule has 0 N–H and O–H groups in total. The van der Waals surface area contributed by atoms with E-state index in [-0.39, 0.29) is 6.03 Å². The highest BCUT2D eigenvalue weighted by Gasteiger charge is 2.33. The van der Waals surface area contributed by atoms with E-state index in [0.717, 1.165) is 11.4 Å². The zero-order valence-electron chi connectivity index (χ0n) is 12.7. The van der Waals surface area contributed by atoms with Gasteiger partial charge >= 0.3 is 6.03 Å². The van der Waals surface area contributed by atoms with Crippen molar-refractivity contribution in [2.45, 2.75) is 0 Å². The van der Waals surface area contributed by atoms with Crippen LogP contribution in [0.5, 0.6) is 11.5 Å². The van der Waals surface area contributed by atoms with Crippen LogP contribution in [0.25, 0.3) is 0 Å². The van der Waals surface area contributed by atoms with Crippen LogP contribution >= 0.6 is 0 Å². The molecule has 5 heteroatoms. The summed E-state index contributed by atoms with van der Waals surface area (Å²) in [6.07, 6.45) is 0. The number of rotatable bonds is 4. The number of urea groups is 1. The van der Waals surface area contributed by atoms with Crippen LogP contribution in [0.1, 0.15) is 0 Å². The van der Waals surface area contributed by atoms with Crippen molar-refractivity contribution in [2.24, 2.45) is 0 Å². The lowest BCUT2D eigenvalue weighted by atomic mass is 10.2. The summed E-state index contributed by atoms with van der Waals surface area (Å²) in [6, 6.07) is 15.0. The standard InChI is InChI=1S/C17H18N2O3/c1-21-15-9-5-3-7-13(15)18-11-12-19(17(18)20)14-8-4-6-10-16(14)22-2/h3-10H,11-12H2,1-2H3. The van der Waals surface area contributed by atoms with Crippen LogP contribution in [0, 0.1) is 0 Å². The predicted octanol–water partition coefficient (Wildman–Crippen LogP) is 3.15. The molecule has 0 aliphatic carbocycles. The van der Waals surface area contributed by atoms with Gasteiger partial charge in [0.1, 0.15) is 11.5 Å². The molecule has 2 aromatic rings. The first-order chi connectivity index (χ1) is 10.8. The molecule has 0 radical (unpaired) electrons. The van der Waals surface area contributed by atoms with E-state index in [9.17, 15) is 4.79 Å². The maximum absolute atomic E-state index is 12.8. The monoisotopic (exact) mass is 298 g/mol. The van der Waals surface area contributed by atoms with Crippen LogP contribution < -0.4 is 19.3 Å². The minimum atomic E-state index is -0.0750. The third-order valence-electron chi connectivity index (χ3n) is 3.76. The third-order valence-corrected chi connectivity index (χ3v) is 3.76. The van der Waals surface area contributed by atoms with Crippen molar-refractivity contribution < 1.29 is 14.3 Å². The molecule has 1 saturated heterocycles. The van der Waals surface area contributed by atoms with Crippen LogP contribution in [-0.4, -0.2) is 33.3 Å². The number of anilines is 2. The van der Waals surface area contributed by atoms with Crippen molar-refractivity contribution in [3.63, 3.8) is 0 Å². The van der Waals surface area contributed by atoms with E-state index in [1.807, 2.05) is 48.5 Å². The molecule has 0 spiro atoms. The molecule has 1 aliphatic rings. The Hall–Kier alpha value is -2.69. The minimum absolute atomic E-state index is 0.0750. The van der Waals surface area contributed by atoms with Gasteiger partial charge in [-0.25, -0.2) is 4.79 Å². The molecule has 2 amide bonds. The zero-order valence-corrected chi connectivity index (χ0v) is 12.7. The second kappa shape index (κ2) is 5.97. The van der Waals surface area contributed by atoms with E-state index in [4.69, 9.17) is 9.47 Å². The van der Waals surface area contributed by atoms with Gasteiger partial charge in [0.25, 0.3) is 0 Å². The second-order valence-corrected chi connectivity index (χ2v) is 4.93. The van der Waals surface area contributed by atoms with Crippen molar-refractivity contribution >= 4 is 17.4 Å². The smallest absolute Gasteiger partial charge is 0.329 e. The molecular formula is C17H18N2O3. The summed E-state index contributed by atoms with van der Waals surface area (Å²) >= 11 is 0. The lowest BCUT2D eigenvalue weighted by Crippen LogP contribution is -2.32. The second-order valence-electron chi connectivity index (χ2n) is 4.93. The van der Waals surface area contributed by atoms with E-state index >= 15 is 0 Å². The maximum atomic E-state index is 12.8. The van der Waals surface area contributed by atoms with Gasteiger partial charge < -0.3 is 9.47 Å². The summed E-state index contributed by atoms with van der Waals surface area (Å²) in [5.74, 6) is 1.38. The number of benzene rings is 2. The van der Waals surface area contributed by atoms with Gasteiger partial charge in [-0.05, 0) is 24.3 Å². The van der Waals surface area contributed by atoms with Gasteiger partial charge in [0, 0.05) is 13.1 Å². The van der Waals surface area contributed by atoms with Crippen molar-refractivity contribution in [2.75, 3.05) is 37.1 Å². The minimum Gasteiger partial charge on any atom is -0.495 e. The quantitative estimate of drug-likeness (QED) is 0.870. The van der Waals surface area contributed by atoms with E-state index in [1.54, 1.807) is 24.0 Å². The van der Waals surface area contributed by atoms with Crippen LogP contribution in [0.2, 0.25) is 0 Å². The fourth-order valence-corrected chi connectivity index (χ4v) is 2.69. The number of amides is 2. The highest BCUT2D eigenvalue weighted by molar-refractivity contribution is 6.07. The fourth-order valence-electron chi connectivity index (χ4n) is 2.69. The van der Waals surface area contributed by atoms with E-state index < -0.39 is 0 Å². The Balaban J connectivity index is 1.92. The van der Waals surface area contributed by atoms with Crippen LogP contribution in [0.15, 0.2) is 48.5 Å². The zero-order chi connectivity index (χ0) is 15.5. The van der Waals surface area contributed by atoms with Crippen LogP contribution in [-0.2, 0) is 0 Å².